The fraction of sp³-hybridized carbons (Fsp3) is 0.375. The molecule has 100 valence electrons. The maximum Gasteiger partial charge on any atom is 0.316 e. The highest BCUT2D eigenvalue weighted by Gasteiger charge is 2.11. The van der Waals surface area contributed by atoms with Gasteiger partial charge >= 0.3 is 6.03 Å². The lowest BCUT2D eigenvalue weighted by Crippen LogP contribution is -2.30. The predicted octanol–water partition coefficient (Wildman–Crippen LogP) is -0.944. The molecule has 18 heavy (non-hydrogen) atoms. The molecule has 6 N–H and O–H groups in total. The summed E-state index contributed by atoms with van der Waals surface area (Å²) in [4.78, 5) is 18.3. The number of primary sulfonamides is 1. The van der Waals surface area contributed by atoms with Gasteiger partial charge in [-0.25, -0.2) is 28.3 Å². The largest absolute Gasteiger partial charge is 0.351 e. The van der Waals surface area contributed by atoms with Crippen molar-refractivity contribution in [2.75, 3.05) is 16.4 Å². The van der Waals surface area contributed by atoms with Crippen LogP contribution in [0.4, 0.5) is 16.4 Å². The molecule has 1 aromatic heterocycles. The Morgan fingerprint density at radius 1 is 1.44 bits per heavy atom. The van der Waals surface area contributed by atoms with Crippen LogP contribution in [0.1, 0.15) is 6.92 Å². The fourth-order valence-electron chi connectivity index (χ4n) is 1.22. The van der Waals surface area contributed by atoms with E-state index in [0.717, 1.165) is 0 Å². The molecule has 0 aromatic carbocycles. The minimum Gasteiger partial charge on any atom is -0.351 e. The molecule has 1 rings (SSSR count). The van der Waals surface area contributed by atoms with Crippen LogP contribution in [0.2, 0.25) is 0 Å². The zero-order valence-corrected chi connectivity index (χ0v) is 10.4. The van der Waals surface area contributed by atoms with E-state index in [-0.39, 0.29) is 11.7 Å². The van der Waals surface area contributed by atoms with E-state index in [1.807, 2.05) is 0 Å². The summed E-state index contributed by atoms with van der Waals surface area (Å²) >= 11 is 0. The Balaban J connectivity index is 2.61. The summed E-state index contributed by atoms with van der Waals surface area (Å²) in [5.41, 5.74) is 5.25. The van der Waals surface area contributed by atoms with Gasteiger partial charge in [-0.3, -0.25) is 0 Å². The second-order valence-corrected chi connectivity index (χ2v) is 5.32. The first-order valence-corrected chi connectivity index (χ1v) is 6.63. The average Bonchev–Trinajstić information content (AvgIpc) is 2.17. The molecule has 0 aliphatic heterocycles. The first-order valence-electron chi connectivity index (χ1n) is 4.92. The molecule has 1 aromatic rings. The number of carbonyl (C=O) groups is 1. The highest BCUT2D eigenvalue weighted by molar-refractivity contribution is 7.89. The van der Waals surface area contributed by atoms with Gasteiger partial charge in [0.25, 0.3) is 0 Å². The standard InChI is InChI=1S/C8H14N6O3S/c1-5(4-18(10,16)17)13-8-11-2-6(3-12-8)14-7(9)15/h2-3,5H,4H2,1H3,(H3,9,14,15)(H2,10,16,17)(H,11,12,13)/t5-/m0/s1. The maximum atomic E-state index is 10.8. The van der Waals surface area contributed by atoms with Crippen molar-refractivity contribution in [3.8, 4) is 0 Å². The molecule has 10 heteroatoms. The van der Waals surface area contributed by atoms with Crippen LogP contribution in [0.25, 0.3) is 0 Å². The summed E-state index contributed by atoms with van der Waals surface area (Å²) in [6, 6.07) is -1.16. The van der Waals surface area contributed by atoms with Gasteiger partial charge in [0.2, 0.25) is 16.0 Å². The summed E-state index contributed by atoms with van der Waals surface area (Å²) in [7, 11) is -3.56. The van der Waals surface area contributed by atoms with E-state index in [1.165, 1.54) is 12.4 Å². The number of anilines is 2. The summed E-state index contributed by atoms with van der Waals surface area (Å²) < 4.78 is 21.7. The molecule has 0 aliphatic rings. The summed E-state index contributed by atoms with van der Waals surface area (Å²) in [6.45, 7) is 1.63. The number of urea groups is 1. The molecule has 9 nitrogen and oxygen atoms in total. The molecule has 0 saturated heterocycles. The number of sulfonamides is 1. The molecule has 1 atom stereocenters. The predicted molar refractivity (Wildman–Crippen MR) is 66.3 cm³/mol. The minimum atomic E-state index is -3.56. The number of primary amides is 1. The molecule has 2 amide bonds. The van der Waals surface area contributed by atoms with Crippen molar-refractivity contribution in [2.24, 2.45) is 10.9 Å². The molecule has 0 fully saturated rings. The Kier molecular flexibility index (Phi) is 4.39. The molecule has 1 heterocycles. The number of aromatic nitrogens is 2. The number of nitrogens with zero attached hydrogens (tertiary/aromatic N) is 2. The smallest absolute Gasteiger partial charge is 0.316 e. The van der Waals surface area contributed by atoms with Crippen LogP contribution in [-0.2, 0) is 10.0 Å². The van der Waals surface area contributed by atoms with Gasteiger partial charge in [0.05, 0.1) is 23.8 Å². The number of hydrogen-bond acceptors (Lipinski definition) is 6. The van der Waals surface area contributed by atoms with Crippen molar-refractivity contribution in [2.45, 2.75) is 13.0 Å². The summed E-state index contributed by atoms with van der Waals surface area (Å²) in [6.07, 6.45) is 2.67. The zero-order valence-electron chi connectivity index (χ0n) is 9.62. The lowest BCUT2D eigenvalue weighted by atomic mass is 10.4. The van der Waals surface area contributed by atoms with E-state index in [4.69, 9.17) is 10.9 Å². The third-order valence-electron chi connectivity index (χ3n) is 1.78. The van der Waals surface area contributed by atoms with Gasteiger partial charge in [-0.2, -0.15) is 0 Å². The van der Waals surface area contributed by atoms with E-state index < -0.39 is 22.1 Å². The van der Waals surface area contributed by atoms with E-state index >= 15 is 0 Å². The van der Waals surface area contributed by atoms with Crippen molar-refractivity contribution < 1.29 is 13.2 Å². The Morgan fingerprint density at radius 3 is 2.44 bits per heavy atom. The zero-order chi connectivity index (χ0) is 13.8. The number of nitrogens with one attached hydrogen (secondary N) is 2. The highest BCUT2D eigenvalue weighted by Crippen LogP contribution is 2.06. The first-order chi connectivity index (χ1) is 8.26. The Labute approximate surface area is 104 Å². The van der Waals surface area contributed by atoms with Crippen LogP contribution in [0.15, 0.2) is 12.4 Å². The van der Waals surface area contributed by atoms with Gasteiger partial charge in [-0.1, -0.05) is 0 Å². The second kappa shape index (κ2) is 5.60. The minimum absolute atomic E-state index is 0.223. The van der Waals surface area contributed by atoms with E-state index in [1.54, 1.807) is 6.92 Å². The highest BCUT2D eigenvalue weighted by atomic mass is 32.2. The van der Waals surface area contributed by atoms with Gasteiger partial charge in [0.1, 0.15) is 0 Å². The van der Waals surface area contributed by atoms with Crippen LogP contribution < -0.4 is 21.5 Å². The Morgan fingerprint density at radius 2 is 2.00 bits per heavy atom. The van der Waals surface area contributed by atoms with Gasteiger partial charge in [0, 0.05) is 6.04 Å². The van der Waals surface area contributed by atoms with E-state index in [2.05, 4.69) is 20.6 Å². The average molecular weight is 274 g/mol. The number of carbonyl (C=O) groups excluding carboxylic acids is 1. The maximum absolute atomic E-state index is 10.8. The van der Waals surface area contributed by atoms with Crippen molar-refractivity contribution in [1.29, 1.82) is 0 Å². The quantitative estimate of drug-likeness (QED) is 0.543. The summed E-state index contributed by atoms with van der Waals surface area (Å²) in [5.74, 6) is -0.0151. The van der Waals surface area contributed by atoms with E-state index in [9.17, 15) is 13.2 Å². The second-order valence-electron chi connectivity index (χ2n) is 3.66. The Bertz CT molecular complexity index is 514. The van der Waals surface area contributed by atoms with Gasteiger partial charge in [-0.05, 0) is 6.92 Å². The van der Waals surface area contributed by atoms with Crippen molar-refractivity contribution >= 4 is 27.7 Å². The third-order valence-corrected chi connectivity index (χ3v) is 2.74. The van der Waals surface area contributed by atoms with Gasteiger partial charge < -0.3 is 16.4 Å². The molecule has 0 bridgehead atoms. The summed E-state index contributed by atoms with van der Waals surface area (Å²) in [5, 5.41) is 9.95. The monoisotopic (exact) mass is 274 g/mol. The number of rotatable bonds is 5. The lowest BCUT2D eigenvalue weighted by molar-refractivity contribution is 0.259. The molecular weight excluding hydrogens is 260 g/mol. The van der Waals surface area contributed by atoms with Gasteiger partial charge in [0.15, 0.2) is 0 Å². The molecule has 0 spiro atoms. The van der Waals surface area contributed by atoms with Crippen LogP contribution in [-0.4, -0.2) is 36.2 Å². The number of amides is 2. The third kappa shape index (κ3) is 5.41. The molecule has 0 radical (unpaired) electrons. The Hall–Kier alpha value is -1.94. The van der Waals surface area contributed by atoms with Crippen molar-refractivity contribution in [3.63, 3.8) is 0 Å². The lowest BCUT2D eigenvalue weighted by Gasteiger charge is -2.12. The topological polar surface area (TPSA) is 153 Å². The fourth-order valence-corrected chi connectivity index (χ4v) is 2.00. The van der Waals surface area contributed by atoms with Crippen LogP contribution in [0.3, 0.4) is 0 Å². The molecule has 0 saturated carbocycles. The van der Waals surface area contributed by atoms with E-state index in [0.29, 0.717) is 5.69 Å². The van der Waals surface area contributed by atoms with Crippen LogP contribution in [0, 0.1) is 0 Å². The SMILES string of the molecule is C[C@@H](CS(N)(=O)=O)Nc1ncc(NC(N)=O)cn1. The molecule has 0 aliphatic carbocycles. The van der Waals surface area contributed by atoms with Crippen molar-refractivity contribution in [1.82, 2.24) is 9.97 Å². The number of hydrogen-bond donors (Lipinski definition) is 4. The van der Waals surface area contributed by atoms with Crippen molar-refractivity contribution in [3.05, 3.63) is 12.4 Å². The normalized spacial score (nSPS) is 12.8. The van der Waals surface area contributed by atoms with Crippen LogP contribution in [0.5, 0.6) is 0 Å². The van der Waals surface area contributed by atoms with Gasteiger partial charge in [-0.15, -0.1) is 0 Å². The first kappa shape index (κ1) is 14.1. The van der Waals surface area contributed by atoms with Crippen LogP contribution >= 0.6 is 0 Å². The molecular formula is C8H14N6O3S. The number of nitrogens with two attached hydrogens (primary N) is 2. The molecule has 0 unspecified atom stereocenters.